The number of rotatable bonds is 2. The lowest BCUT2D eigenvalue weighted by Gasteiger charge is -2.30. The maximum atomic E-state index is 11.1. The van der Waals surface area contributed by atoms with E-state index in [0.717, 1.165) is 31.5 Å². The Hall–Kier alpha value is -0.860. The SMILES string of the molecule is CC1(C)CCC(N([C]=O)C2CCCCC2)=N1. The number of amidine groups is 1. The van der Waals surface area contributed by atoms with Crippen molar-refractivity contribution in [1.82, 2.24) is 4.90 Å². The minimum atomic E-state index is 0.0130. The molecular weight excluding hydrogens is 200 g/mol. The zero-order valence-corrected chi connectivity index (χ0v) is 10.3. The van der Waals surface area contributed by atoms with Gasteiger partial charge in [0.2, 0.25) is 0 Å². The van der Waals surface area contributed by atoms with Crippen molar-refractivity contribution in [3.8, 4) is 0 Å². The fourth-order valence-corrected chi connectivity index (χ4v) is 2.73. The highest BCUT2D eigenvalue weighted by atomic mass is 16.1. The van der Waals surface area contributed by atoms with Crippen LogP contribution in [-0.4, -0.2) is 28.7 Å². The first-order chi connectivity index (χ1) is 7.62. The lowest BCUT2D eigenvalue weighted by Crippen LogP contribution is -2.39. The second kappa shape index (κ2) is 4.56. The van der Waals surface area contributed by atoms with Gasteiger partial charge in [0.1, 0.15) is 5.84 Å². The largest absolute Gasteiger partial charge is 0.318 e. The molecule has 16 heavy (non-hydrogen) atoms. The molecule has 2 aliphatic rings. The predicted molar refractivity (Wildman–Crippen MR) is 65.2 cm³/mol. The molecule has 0 bridgehead atoms. The summed E-state index contributed by atoms with van der Waals surface area (Å²) in [7, 11) is 0. The van der Waals surface area contributed by atoms with Gasteiger partial charge in [0.05, 0.1) is 5.54 Å². The number of nitrogens with zero attached hydrogens (tertiary/aromatic N) is 2. The fraction of sp³-hybridized carbons (Fsp3) is 0.846. The van der Waals surface area contributed by atoms with E-state index in [1.165, 1.54) is 19.3 Å². The van der Waals surface area contributed by atoms with Gasteiger partial charge in [-0.15, -0.1) is 0 Å². The van der Waals surface area contributed by atoms with Gasteiger partial charge in [0.15, 0.2) is 0 Å². The van der Waals surface area contributed by atoms with E-state index in [-0.39, 0.29) is 5.54 Å². The molecular formula is C13H21N2O. The summed E-state index contributed by atoms with van der Waals surface area (Å²) in [5.74, 6) is 0.965. The van der Waals surface area contributed by atoms with Crippen molar-refractivity contribution in [3.63, 3.8) is 0 Å². The van der Waals surface area contributed by atoms with E-state index in [1.807, 2.05) is 0 Å². The molecule has 0 unspecified atom stereocenters. The van der Waals surface area contributed by atoms with Crippen LogP contribution in [0, 0.1) is 0 Å². The summed E-state index contributed by atoms with van der Waals surface area (Å²) < 4.78 is 0. The van der Waals surface area contributed by atoms with Gasteiger partial charge in [-0.05, 0) is 33.1 Å². The zero-order chi connectivity index (χ0) is 11.6. The Balaban J connectivity index is 2.07. The van der Waals surface area contributed by atoms with Crippen molar-refractivity contribution in [2.45, 2.75) is 70.4 Å². The first-order valence-electron chi connectivity index (χ1n) is 6.38. The third kappa shape index (κ3) is 2.45. The highest BCUT2D eigenvalue weighted by Crippen LogP contribution is 2.29. The van der Waals surface area contributed by atoms with Gasteiger partial charge in [0, 0.05) is 12.5 Å². The molecule has 89 valence electrons. The van der Waals surface area contributed by atoms with Crippen LogP contribution in [-0.2, 0) is 4.79 Å². The molecule has 0 N–H and O–H groups in total. The quantitative estimate of drug-likeness (QED) is 0.660. The van der Waals surface area contributed by atoms with Gasteiger partial charge in [-0.3, -0.25) is 14.7 Å². The van der Waals surface area contributed by atoms with E-state index in [0.29, 0.717) is 6.04 Å². The molecule has 1 fully saturated rings. The van der Waals surface area contributed by atoms with E-state index in [2.05, 4.69) is 25.2 Å². The molecule has 0 aromatic rings. The van der Waals surface area contributed by atoms with Crippen LogP contribution in [0.5, 0.6) is 0 Å². The Kier molecular flexibility index (Phi) is 3.31. The Bertz CT molecular complexity index is 290. The molecule has 1 aliphatic carbocycles. The first-order valence-corrected chi connectivity index (χ1v) is 6.38. The molecule has 0 aromatic heterocycles. The molecule has 1 aliphatic heterocycles. The van der Waals surface area contributed by atoms with E-state index >= 15 is 0 Å². The van der Waals surface area contributed by atoms with Crippen LogP contribution < -0.4 is 0 Å². The minimum Gasteiger partial charge on any atom is -0.289 e. The van der Waals surface area contributed by atoms with Crippen LogP contribution in [0.1, 0.15) is 58.8 Å². The summed E-state index contributed by atoms with van der Waals surface area (Å²) in [6.07, 6.45) is 10.1. The summed E-state index contributed by atoms with van der Waals surface area (Å²) >= 11 is 0. The smallest absolute Gasteiger partial charge is 0.289 e. The number of hydrogen-bond acceptors (Lipinski definition) is 2. The zero-order valence-electron chi connectivity index (χ0n) is 10.3. The fourth-order valence-electron chi connectivity index (χ4n) is 2.73. The number of amides is 1. The standard InChI is InChI=1S/C13H21N2O/c1-13(2)9-8-12(14-13)15(10-16)11-6-4-3-5-7-11/h11H,3-9H2,1-2H3. The molecule has 1 saturated carbocycles. The summed E-state index contributed by atoms with van der Waals surface area (Å²) in [5, 5.41) is 0. The monoisotopic (exact) mass is 221 g/mol. The summed E-state index contributed by atoms with van der Waals surface area (Å²) in [6.45, 7) is 4.26. The average molecular weight is 221 g/mol. The summed E-state index contributed by atoms with van der Waals surface area (Å²) in [5.41, 5.74) is 0.0130. The molecule has 1 heterocycles. The van der Waals surface area contributed by atoms with Crippen molar-refractivity contribution >= 4 is 12.2 Å². The van der Waals surface area contributed by atoms with E-state index in [4.69, 9.17) is 0 Å². The van der Waals surface area contributed by atoms with Crippen LogP contribution in [0.2, 0.25) is 0 Å². The average Bonchev–Trinajstić information content (AvgIpc) is 2.62. The summed E-state index contributed by atoms with van der Waals surface area (Å²) in [6, 6.07) is 0.360. The Morgan fingerprint density at radius 2 is 2.00 bits per heavy atom. The van der Waals surface area contributed by atoms with Crippen molar-refractivity contribution < 1.29 is 4.79 Å². The molecule has 1 radical (unpaired) electrons. The Morgan fingerprint density at radius 1 is 1.31 bits per heavy atom. The lowest BCUT2D eigenvalue weighted by atomic mass is 9.94. The van der Waals surface area contributed by atoms with Crippen LogP contribution in [0.4, 0.5) is 0 Å². The normalized spacial score (nSPS) is 25.2. The number of aliphatic imine (C=N–C) groups is 1. The van der Waals surface area contributed by atoms with Gasteiger partial charge in [-0.1, -0.05) is 19.3 Å². The highest BCUT2D eigenvalue weighted by Gasteiger charge is 2.31. The molecule has 0 spiro atoms. The maximum Gasteiger partial charge on any atom is 0.318 e. The van der Waals surface area contributed by atoms with Crippen molar-refractivity contribution in [2.24, 2.45) is 4.99 Å². The van der Waals surface area contributed by atoms with Crippen LogP contribution in [0.15, 0.2) is 4.99 Å². The highest BCUT2D eigenvalue weighted by molar-refractivity contribution is 5.92. The Morgan fingerprint density at radius 3 is 2.50 bits per heavy atom. The summed E-state index contributed by atoms with van der Waals surface area (Å²) in [4.78, 5) is 17.6. The van der Waals surface area contributed by atoms with E-state index in [9.17, 15) is 4.79 Å². The number of carbonyl (C=O) groups excluding carboxylic acids is 1. The molecule has 0 aromatic carbocycles. The predicted octanol–water partition coefficient (Wildman–Crippen LogP) is 2.66. The molecule has 2 rings (SSSR count). The molecule has 1 amide bonds. The van der Waals surface area contributed by atoms with Crippen LogP contribution in [0.3, 0.4) is 0 Å². The van der Waals surface area contributed by atoms with E-state index in [1.54, 1.807) is 4.90 Å². The van der Waals surface area contributed by atoms with Crippen LogP contribution in [0.25, 0.3) is 0 Å². The van der Waals surface area contributed by atoms with E-state index < -0.39 is 0 Å². The van der Waals surface area contributed by atoms with Gasteiger partial charge >= 0.3 is 6.41 Å². The lowest BCUT2D eigenvalue weighted by molar-refractivity contribution is 0.306. The minimum absolute atomic E-state index is 0.0130. The third-order valence-corrected chi connectivity index (χ3v) is 3.71. The van der Waals surface area contributed by atoms with Crippen molar-refractivity contribution in [1.29, 1.82) is 0 Å². The van der Waals surface area contributed by atoms with Crippen molar-refractivity contribution in [2.75, 3.05) is 0 Å². The first kappa shape index (κ1) is 11.6. The van der Waals surface area contributed by atoms with Crippen molar-refractivity contribution in [3.05, 3.63) is 0 Å². The second-order valence-electron chi connectivity index (χ2n) is 5.59. The maximum absolute atomic E-state index is 11.1. The molecule has 3 nitrogen and oxygen atoms in total. The topological polar surface area (TPSA) is 32.7 Å². The molecule has 0 atom stereocenters. The molecule has 3 heteroatoms. The second-order valence-corrected chi connectivity index (χ2v) is 5.59. The van der Waals surface area contributed by atoms with Gasteiger partial charge in [-0.2, -0.15) is 0 Å². The van der Waals surface area contributed by atoms with Gasteiger partial charge in [0.25, 0.3) is 0 Å². The number of hydrogen-bond donors (Lipinski definition) is 0. The third-order valence-electron chi connectivity index (χ3n) is 3.71. The van der Waals surface area contributed by atoms with Gasteiger partial charge in [-0.25, -0.2) is 0 Å². The Labute approximate surface area is 97.9 Å². The molecule has 0 saturated heterocycles. The van der Waals surface area contributed by atoms with Gasteiger partial charge < -0.3 is 0 Å². The van der Waals surface area contributed by atoms with Crippen LogP contribution >= 0.6 is 0 Å².